The minimum absolute atomic E-state index is 0.146. The molecule has 10 nitrogen and oxygen atoms in total. The monoisotopic (exact) mass is 475 g/mol. The maximum absolute atomic E-state index is 12.9. The number of amides is 3. The second-order valence-corrected chi connectivity index (χ2v) is 9.40. The summed E-state index contributed by atoms with van der Waals surface area (Å²) in [4.78, 5) is 40.0. The van der Waals surface area contributed by atoms with Crippen molar-refractivity contribution in [3.63, 3.8) is 0 Å². The van der Waals surface area contributed by atoms with Gasteiger partial charge in [-0.3, -0.25) is 15.0 Å². The summed E-state index contributed by atoms with van der Waals surface area (Å²) in [5.41, 5.74) is 5.36. The van der Waals surface area contributed by atoms with Crippen LogP contribution < -0.4 is 20.6 Å². The third-order valence-electron chi connectivity index (χ3n) is 6.94. The average molecular weight is 476 g/mol. The summed E-state index contributed by atoms with van der Waals surface area (Å²) in [6.45, 7) is 3.15. The van der Waals surface area contributed by atoms with Crippen LogP contribution in [0.5, 0.6) is 0 Å². The first kappa shape index (κ1) is 22.9. The Labute approximate surface area is 203 Å². The van der Waals surface area contributed by atoms with Crippen LogP contribution in [0.1, 0.15) is 16.8 Å². The lowest BCUT2D eigenvalue weighted by Crippen LogP contribution is -2.40. The molecule has 3 aromatic rings. The molecule has 2 fully saturated rings. The maximum Gasteiger partial charge on any atom is 0.321 e. The number of hydroxylamine groups is 1. The van der Waals surface area contributed by atoms with Crippen molar-refractivity contribution in [3.05, 3.63) is 54.2 Å². The van der Waals surface area contributed by atoms with Gasteiger partial charge in [-0.25, -0.2) is 15.3 Å². The zero-order valence-electron chi connectivity index (χ0n) is 19.8. The fourth-order valence-electron chi connectivity index (χ4n) is 4.93. The maximum atomic E-state index is 12.9. The van der Waals surface area contributed by atoms with Crippen LogP contribution >= 0.6 is 0 Å². The molecular formula is C25H29N7O3. The molecule has 0 aliphatic carbocycles. The van der Waals surface area contributed by atoms with E-state index in [1.165, 1.54) is 0 Å². The number of aromatic nitrogens is 2. The molecule has 3 amide bonds. The first-order valence-electron chi connectivity index (χ1n) is 11.7. The van der Waals surface area contributed by atoms with Gasteiger partial charge >= 0.3 is 6.03 Å². The molecule has 1 aromatic heterocycles. The van der Waals surface area contributed by atoms with Crippen LogP contribution in [0.2, 0.25) is 0 Å². The highest BCUT2D eigenvalue weighted by Crippen LogP contribution is 2.33. The van der Waals surface area contributed by atoms with Crippen LogP contribution in [0.25, 0.3) is 11.0 Å². The van der Waals surface area contributed by atoms with Crippen LogP contribution in [-0.4, -0.2) is 72.3 Å². The Morgan fingerprint density at radius 1 is 1.03 bits per heavy atom. The van der Waals surface area contributed by atoms with Gasteiger partial charge in [-0.15, -0.1) is 0 Å². The lowest BCUT2D eigenvalue weighted by atomic mass is 9.89. The van der Waals surface area contributed by atoms with Crippen molar-refractivity contribution in [2.24, 2.45) is 11.8 Å². The molecule has 0 bridgehead atoms. The van der Waals surface area contributed by atoms with Crippen LogP contribution in [0.4, 0.5) is 22.0 Å². The third kappa shape index (κ3) is 4.69. The largest absolute Gasteiger partial charge is 0.378 e. The normalized spacial score (nSPS) is 19.4. The predicted octanol–water partition coefficient (Wildman–Crippen LogP) is 2.81. The van der Waals surface area contributed by atoms with Gasteiger partial charge in [-0.2, -0.15) is 0 Å². The molecule has 182 valence electrons. The molecule has 3 heterocycles. The summed E-state index contributed by atoms with van der Waals surface area (Å²) in [7, 11) is 4.01. The standard InChI is InChI=1S/C25H29N7O3/c1-30(2)20-7-8-21-22(11-20)26-12-23(28-21)31-10-9-17-13-32(15-18(17)14-31)25(34)27-19-5-3-16(4-6-19)24(33)29-35/h3-8,11-12,17-18,35H,9-10,13-15H2,1-2H3,(H,27,34)(H,29,33). The molecular weight excluding hydrogens is 446 g/mol. The number of urea groups is 1. The number of hydrogen-bond donors (Lipinski definition) is 3. The highest BCUT2D eigenvalue weighted by molar-refractivity contribution is 5.95. The number of nitrogens with zero attached hydrogens (tertiary/aromatic N) is 5. The first-order chi connectivity index (χ1) is 16.9. The second-order valence-electron chi connectivity index (χ2n) is 9.40. The minimum atomic E-state index is -0.592. The third-order valence-corrected chi connectivity index (χ3v) is 6.94. The molecule has 0 radical (unpaired) electrons. The van der Waals surface area contributed by atoms with E-state index in [4.69, 9.17) is 10.2 Å². The Bertz CT molecular complexity index is 1250. The molecule has 0 spiro atoms. The lowest BCUT2D eigenvalue weighted by molar-refractivity contribution is 0.0706. The van der Waals surface area contributed by atoms with Gasteiger partial charge in [0.2, 0.25) is 0 Å². The SMILES string of the molecule is CN(C)c1ccc2nc(N3CCC4CN(C(=O)Nc5ccc(C(=O)NO)cc5)CC4C3)cnc2c1. The van der Waals surface area contributed by atoms with E-state index in [1.807, 2.05) is 42.2 Å². The molecule has 2 aliphatic heterocycles. The van der Waals surface area contributed by atoms with Crippen molar-refractivity contribution in [1.29, 1.82) is 0 Å². The topological polar surface area (TPSA) is 114 Å². The van der Waals surface area contributed by atoms with Crippen molar-refractivity contribution < 1.29 is 14.8 Å². The molecule has 5 rings (SSSR count). The molecule has 2 aromatic carbocycles. The van der Waals surface area contributed by atoms with Crippen LogP contribution in [0, 0.1) is 11.8 Å². The fourth-order valence-corrected chi connectivity index (χ4v) is 4.93. The number of rotatable bonds is 4. The smallest absolute Gasteiger partial charge is 0.321 e. The van der Waals surface area contributed by atoms with Crippen molar-refractivity contribution in [3.8, 4) is 0 Å². The Balaban J connectivity index is 1.21. The van der Waals surface area contributed by atoms with Gasteiger partial charge in [0.05, 0.1) is 17.2 Å². The van der Waals surface area contributed by atoms with E-state index in [0.717, 1.165) is 48.6 Å². The zero-order valence-corrected chi connectivity index (χ0v) is 19.8. The average Bonchev–Trinajstić information content (AvgIpc) is 3.32. The Kier molecular flexibility index (Phi) is 6.12. The number of nitrogens with one attached hydrogen (secondary N) is 2. The van der Waals surface area contributed by atoms with Crippen molar-refractivity contribution in [2.75, 3.05) is 55.4 Å². The van der Waals surface area contributed by atoms with Gasteiger partial charge in [0.1, 0.15) is 5.82 Å². The number of carbonyl (C=O) groups excluding carboxylic acids is 2. The zero-order chi connectivity index (χ0) is 24.5. The number of piperidine rings is 1. The van der Waals surface area contributed by atoms with Crippen LogP contribution in [0.3, 0.4) is 0 Å². The number of carbonyl (C=O) groups is 2. The van der Waals surface area contributed by atoms with Gasteiger partial charge in [0.25, 0.3) is 5.91 Å². The van der Waals surface area contributed by atoms with Crippen LogP contribution in [0.15, 0.2) is 48.7 Å². The molecule has 35 heavy (non-hydrogen) atoms. The van der Waals surface area contributed by atoms with Crippen molar-refractivity contribution in [2.45, 2.75) is 6.42 Å². The Hall–Kier alpha value is -3.92. The highest BCUT2D eigenvalue weighted by atomic mass is 16.5. The summed E-state index contributed by atoms with van der Waals surface area (Å²) in [5, 5.41) is 11.6. The van der Waals surface area contributed by atoms with Crippen molar-refractivity contribution in [1.82, 2.24) is 20.3 Å². The summed E-state index contributed by atoms with van der Waals surface area (Å²) >= 11 is 0. The number of anilines is 3. The van der Waals surface area contributed by atoms with E-state index in [-0.39, 0.29) is 6.03 Å². The van der Waals surface area contributed by atoms with E-state index in [1.54, 1.807) is 29.7 Å². The number of fused-ring (bicyclic) bond motifs is 2. The summed E-state index contributed by atoms with van der Waals surface area (Å²) in [5.74, 6) is 1.12. The quantitative estimate of drug-likeness (QED) is 0.393. The highest BCUT2D eigenvalue weighted by Gasteiger charge is 2.39. The van der Waals surface area contributed by atoms with Gasteiger partial charge in [0.15, 0.2) is 0 Å². The molecule has 2 aliphatic rings. The van der Waals surface area contributed by atoms with E-state index < -0.39 is 5.91 Å². The summed E-state index contributed by atoms with van der Waals surface area (Å²) in [6, 6.07) is 12.4. The van der Waals surface area contributed by atoms with Gasteiger partial charge in [0, 0.05) is 57.2 Å². The van der Waals surface area contributed by atoms with Gasteiger partial charge in [-0.1, -0.05) is 0 Å². The summed E-state index contributed by atoms with van der Waals surface area (Å²) < 4.78 is 0. The van der Waals surface area contributed by atoms with E-state index >= 15 is 0 Å². The van der Waals surface area contributed by atoms with Crippen LogP contribution in [-0.2, 0) is 0 Å². The van der Waals surface area contributed by atoms with Gasteiger partial charge in [-0.05, 0) is 60.7 Å². The molecule has 2 atom stereocenters. The summed E-state index contributed by atoms with van der Waals surface area (Å²) in [6.07, 6.45) is 2.85. The van der Waals surface area contributed by atoms with E-state index in [9.17, 15) is 9.59 Å². The molecule has 2 unspecified atom stereocenters. The van der Waals surface area contributed by atoms with E-state index in [0.29, 0.717) is 29.6 Å². The molecule has 10 heteroatoms. The Morgan fingerprint density at radius 3 is 2.54 bits per heavy atom. The lowest BCUT2D eigenvalue weighted by Gasteiger charge is -2.34. The predicted molar refractivity (Wildman–Crippen MR) is 134 cm³/mol. The second kappa shape index (κ2) is 9.38. The molecule has 3 N–H and O–H groups in total. The molecule has 0 saturated carbocycles. The van der Waals surface area contributed by atoms with Crippen molar-refractivity contribution >= 4 is 40.2 Å². The van der Waals surface area contributed by atoms with Gasteiger partial charge < -0.3 is 20.0 Å². The number of hydrogen-bond acceptors (Lipinski definition) is 7. The molecule has 2 saturated heterocycles. The number of likely N-dealkylation sites (tertiary alicyclic amines) is 1. The fraction of sp³-hybridized carbons (Fsp3) is 0.360. The first-order valence-corrected chi connectivity index (χ1v) is 11.7. The van der Waals surface area contributed by atoms with E-state index in [2.05, 4.69) is 21.3 Å². The number of benzene rings is 2. The Morgan fingerprint density at radius 2 is 1.80 bits per heavy atom. The minimum Gasteiger partial charge on any atom is -0.378 e.